The third-order valence-corrected chi connectivity index (χ3v) is 15.2. The van der Waals surface area contributed by atoms with Crippen molar-refractivity contribution in [2.75, 3.05) is 16.5 Å². The molecule has 0 saturated heterocycles. The fourth-order valence-corrected chi connectivity index (χ4v) is 10.3. The summed E-state index contributed by atoms with van der Waals surface area (Å²) < 4.78 is 9.27. The Kier molecular flexibility index (Phi) is 11.6. The van der Waals surface area contributed by atoms with Crippen LogP contribution in [0.2, 0.25) is 0 Å². The molecule has 360 valence electrons. The largest absolute Gasteiger partial charge is 0.457 e. The van der Waals surface area contributed by atoms with Gasteiger partial charge in [-0.3, -0.25) is 4.57 Å². The Morgan fingerprint density at radius 2 is 0.958 bits per heavy atom. The van der Waals surface area contributed by atoms with Crippen LogP contribution in [-0.4, -0.2) is 16.2 Å². The van der Waals surface area contributed by atoms with E-state index in [4.69, 9.17) is 9.72 Å². The van der Waals surface area contributed by atoms with Crippen molar-refractivity contribution < 1.29 is 4.74 Å². The average Bonchev–Trinajstić information content (AvgIpc) is 3.89. The van der Waals surface area contributed by atoms with Crippen LogP contribution in [0.3, 0.4) is 0 Å². The van der Waals surface area contributed by atoms with Gasteiger partial charge in [0, 0.05) is 51.3 Å². The molecule has 0 aliphatic carbocycles. The lowest BCUT2D eigenvalue weighted by molar-refractivity contribution is 0.483. The highest BCUT2D eigenvalue weighted by Crippen LogP contribution is 2.49. The van der Waals surface area contributed by atoms with Crippen molar-refractivity contribution in [3.8, 4) is 17.3 Å². The molecule has 5 nitrogen and oxygen atoms in total. The minimum absolute atomic E-state index is 0.00701. The van der Waals surface area contributed by atoms with E-state index in [-0.39, 0.29) is 27.1 Å². The zero-order valence-electron chi connectivity index (χ0n) is 44.1. The maximum atomic E-state index is 6.96. The number of fused-ring (bicyclic) bond motifs is 4. The quantitative estimate of drug-likeness (QED) is 0.144. The van der Waals surface area contributed by atoms with Gasteiger partial charge in [-0.05, 0) is 128 Å². The molecule has 0 saturated carbocycles. The molecule has 0 spiro atoms. The van der Waals surface area contributed by atoms with Gasteiger partial charge in [0.05, 0.1) is 22.4 Å². The lowest BCUT2D eigenvalue weighted by Gasteiger charge is -2.29. The van der Waals surface area contributed by atoms with Gasteiger partial charge in [-0.2, -0.15) is 0 Å². The van der Waals surface area contributed by atoms with Crippen LogP contribution in [0, 0.1) is 0 Å². The third kappa shape index (κ3) is 8.90. The Hall–Kier alpha value is -7.11. The predicted molar refractivity (Wildman–Crippen MR) is 300 cm³/mol. The number of benzene rings is 7. The van der Waals surface area contributed by atoms with Gasteiger partial charge in [0.2, 0.25) is 0 Å². The monoisotopic (exact) mass is 935 g/mol. The molecule has 3 heterocycles. The summed E-state index contributed by atoms with van der Waals surface area (Å²) in [6.45, 7) is 30.6. The highest BCUT2D eigenvalue weighted by atomic mass is 16.5. The Labute approximate surface area is 422 Å². The van der Waals surface area contributed by atoms with E-state index in [0.29, 0.717) is 6.67 Å². The fraction of sp³-hybridized carbons (Fsp3) is 0.288. The summed E-state index contributed by atoms with van der Waals surface area (Å²) >= 11 is 0. The molecule has 1 aliphatic rings. The average molecular weight is 935 g/mol. The Morgan fingerprint density at radius 3 is 1.58 bits per heavy atom. The van der Waals surface area contributed by atoms with Crippen molar-refractivity contribution >= 4 is 44.6 Å². The second kappa shape index (κ2) is 17.3. The van der Waals surface area contributed by atoms with Gasteiger partial charge >= 0.3 is 0 Å². The number of rotatable bonds is 9. The van der Waals surface area contributed by atoms with E-state index >= 15 is 0 Å². The highest BCUT2D eigenvalue weighted by Gasteiger charge is 2.34. The first-order valence-corrected chi connectivity index (χ1v) is 25.4. The van der Waals surface area contributed by atoms with Crippen LogP contribution >= 0.6 is 0 Å². The number of pyridine rings is 1. The number of aromatic nitrogens is 2. The predicted octanol–water partition coefficient (Wildman–Crippen LogP) is 17.8. The van der Waals surface area contributed by atoms with Crippen LogP contribution < -0.4 is 14.5 Å². The van der Waals surface area contributed by atoms with Crippen molar-refractivity contribution in [2.45, 2.75) is 117 Å². The second-order valence-electron chi connectivity index (χ2n) is 24.0. The van der Waals surface area contributed by atoms with Crippen LogP contribution in [0.5, 0.6) is 11.5 Å². The molecule has 0 bridgehead atoms. The number of anilines is 4. The van der Waals surface area contributed by atoms with Gasteiger partial charge in [-0.1, -0.05) is 175 Å². The van der Waals surface area contributed by atoms with Crippen molar-refractivity contribution in [2.24, 2.45) is 0 Å². The molecule has 9 aromatic rings. The molecule has 1 aliphatic heterocycles. The molecule has 0 N–H and O–H groups in total. The van der Waals surface area contributed by atoms with Gasteiger partial charge in [0.1, 0.15) is 24.0 Å². The van der Waals surface area contributed by atoms with E-state index in [9.17, 15) is 0 Å². The highest BCUT2D eigenvalue weighted by molar-refractivity contribution is 6.10. The molecule has 0 radical (unpaired) electrons. The van der Waals surface area contributed by atoms with Gasteiger partial charge in [-0.25, -0.2) is 4.98 Å². The maximum Gasteiger partial charge on any atom is 0.137 e. The molecular weight excluding hydrogens is 865 g/mol. The van der Waals surface area contributed by atoms with Crippen molar-refractivity contribution in [1.82, 2.24) is 9.55 Å². The van der Waals surface area contributed by atoms with Crippen LogP contribution in [0.15, 0.2) is 176 Å². The topological polar surface area (TPSA) is 33.5 Å². The standard InChI is InChI=1S/C66H70N4O/c1-62(2,3)46-27-31-57-56(38-46)55-30-29-54(42-59(55)70(57)61-40-48(33-34-67-61)66(12,13)45-23-18-15-19-24-45)71-53-26-20-25-51(41-53)68-43-69(52-36-49(63(4,5)6)35-50(37-52)64(7,8)9)58-32-28-47(39-60(58)68)65(10,11)44-21-16-14-17-22-44/h14-42H,43H2,1-13H3. The Balaban J connectivity index is 1.07. The zero-order chi connectivity index (χ0) is 50.3. The summed E-state index contributed by atoms with van der Waals surface area (Å²) in [7, 11) is 0. The van der Waals surface area contributed by atoms with E-state index in [1.165, 1.54) is 61.4 Å². The summed E-state index contributed by atoms with van der Waals surface area (Å²) in [5.74, 6) is 2.42. The molecule has 0 fully saturated rings. The summed E-state index contributed by atoms with van der Waals surface area (Å²) in [6.07, 6.45) is 1.95. The van der Waals surface area contributed by atoms with E-state index in [1.807, 2.05) is 6.20 Å². The van der Waals surface area contributed by atoms with Crippen LogP contribution in [0.4, 0.5) is 22.7 Å². The third-order valence-electron chi connectivity index (χ3n) is 15.2. The van der Waals surface area contributed by atoms with Gasteiger partial charge in [-0.15, -0.1) is 0 Å². The van der Waals surface area contributed by atoms with Gasteiger partial charge in [0.15, 0.2) is 0 Å². The summed E-state index contributed by atoms with van der Waals surface area (Å²) in [4.78, 5) is 10.0. The van der Waals surface area contributed by atoms with E-state index < -0.39 is 0 Å². The van der Waals surface area contributed by atoms with Gasteiger partial charge < -0.3 is 14.5 Å². The first kappa shape index (κ1) is 47.6. The van der Waals surface area contributed by atoms with Crippen molar-refractivity contribution in [3.05, 3.63) is 215 Å². The first-order valence-electron chi connectivity index (χ1n) is 25.4. The number of ether oxygens (including phenoxy) is 1. The molecule has 5 heteroatoms. The van der Waals surface area contributed by atoms with Crippen LogP contribution in [0.25, 0.3) is 27.6 Å². The molecule has 0 amide bonds. The summed E-state index contributed by atoms with van der Waals surface area (Å²) in [5, 5.41) is 2.36. The van der Waals surface area contributed by atoms with E-state index in [0.717, 1.165) is 39.4 Å². The number of hydrogen-bond acceptors (Lipinski definition) is 4. The van der Waals surface area contributed by atoms with Gasteiger partial charge in [0.25, 0.3) is 0 Å². The van der Waals surface area contributed by atoms with Crippen molar-refractivity contribution in [1.29, 1.82) is 0 Å². The smallest absolute Gasteiger partial charge is 0.137 e. The SMILES string of the molecule is CC(C)(C)c1cc(N2CN(c3cccc(Oc4ccc5c6cc(C(C)(C)C)ccc6n(-c6cc(C(C)(C)c7ccccc7)ccn6)c5c4)c3)c3cc(C(C)(C)c4ccccc4)ccc32)cc(C(C)(C)C)c1. The second-order valence-corrected chi connectivity index (χ2v) is 24.0. The first-order chi connectivity index (χ1) is 33.6. The van der Waals surface area contributed by atoms with E-state index in [1.54, 1.807) is 0 Å². The van der Waals surface area contributed by atoms with Crippen LogP contribution in [-0.2, 0) is 27.1 Å². The lowest BCUT2D eigenvalue weighted by atomic mass is 9.78. The maximum absolute atomic E-state index is 6.96. The molecule has 0 atom stereocenters. The minimum Gasteiger partial charge on any atom is -0.457 e. The Morgan fingerprint density at radius 1 is 0.380 bits per heavy atom. The Bertz CT molecular complexity index is 3400. The number of nitrogens with zero attached hydrogens (tertiary/aromatic N) is 4. The fourth-order valence-electron chi connectivity index (χ4n) is 10.3. The molecule has 7 aromatic carbocycles. The molecular formula is C66H70N4O. The number of hydrogen-bond donors (Lipinski definition) is 0. The summed E-state index contributed by atoms with van der Waals surface area (Å²) in [5.41, 5.74) is 15.3. The zero-order valence-corrected chi connectivity index (χ0v) is 44.1. The molecule has 0 unspecified atom stereocenters. The van der Waals surface area contributed by atoms with Crippen LogP contribution in [0.1, 0.15) is 129 Å². The summed E-state index contributed by atoms with van der Waals surface area (Å²) in [6, 6.07) is 62.3. The molecule has 2 aromatic heterocycles. The minimum atomic E-state index is -0.227. The normalized spacial score (nSPS) is 13.6. The lowest BCUT2D eigenvalue weighted by Crippen LogP contribution is -2.25. The van der Waals surface area contributed by atoms with E-state index in [2.05, 4.69) is 274 Å². The molecule has 10 rings (SSSR count). The molecule has 71 heavy (non-hydrogen) atoms. The van der Waals surface area contributed by atoms with Crippen molar-refractivity contribution in [3.63, 3.8) is 0 Å².